The van der Waals surface area contributed by atoms with Crippen molar-refractivity contribution in [2.24, 2.45) is 5.10 Å². The summed E-state index contributed by atoms with van der Waals surface area (Å²) in [5.41, 5.74) is 0. The zero-order valence-electron chi connectivity index (χ0n) is 3.96. The smallest absolute Gasteiger partial charge is 0.0678 e. The Kier molecular flexibility index (Phi) is 2.13. The standard InChI is InChI=1S/C4H4ClIN2/c5-8-2-1-4(6)3-7-8/h1-4H. The molecule has 0 saturated heterocycles. The van der Waals surface area contributed by atoms with Gasteiger partial charge in [0.15, 0.2) is 0 Å². The Bertz CT molecular complexity index is 106. The predicted molar refractivity (Wildman–Crippen MR) is 43.1 cm³/mol. The highest BCUT2D eigenvalue weighted by atomic mass is 127. The summed E-state index contributed by atoms with van der Waals surface area (Å²) in [7, 11) is 0. The number of allylic oxidation sites excluding steroid dienone is 1. The zero-order valence-corrected chi connectivity index (χ0v) is 6.87. The van der Waals surface area contributed by atoms with Crippen LogP contribution in [-0.2, 0) is 0 Å². The molecule has 0 aromatic rings. The maximum atomic E-state index is 5.43. The van der Waals surface area contributed by atoms with E-state index in [-0.39, 0.29) is 0 Å². The molecule has 2 nitrogen and oxygen atoms in total. The van der Waals surface area contributed by atoms with Crippen LogP contribution < -0.4 is 0 Å². The summed E-state index contributed by atoms with van der Waals surface area (Å²) in [6, 6.07) is 0. The molecule has 1 atom stereocenters. The third-order valence-electron chi connectivity index (χ3n) is 0.712. The summed E-state index contributed by atoms with van der Waals surface area (Å²) >= 11 is 7.67. The van der Waals surface area contributed by atoms with E-state index in [1.54, 1.807) is 12.4 Å². The molecule has 0 N–H and O–H groups in total. The molecule has 0 amide bonds. The lowest BCUT2D eigenvalue weighted by molar-refractivity contribution is 0.649. The fourth-order valence-electron chi connectivity index (χ4n) is 0.369. The van der Waals surface area contributed by atoms with E-state index < -0.39 is 0 Å². The SMILES string of the molecule is ClN1C=CC(I)C=N1. The van der Waals surface area contributed by atoms with Gasteiger partial charge >= 0.3 is 0 Å². The second-order valence-electron chi connectivity index (χ2n) is 1.34. The maximum Gasteiger partial charge on any atom is 0.0678 e. The van der Waals surface area contributed by atoms with Gasteiger partial charge in [-0.1, -0.05) is 22.6 Å². The molecule has 1 rings (SSSR count). The normalized spacial score (nSPS) is 26.8. The Balaban J connectivity index is 2.54. The molecule has 1 aliphatic rings. The Labute approximate surface area is 66.4 Å². The second kappa shape index (κ2) is 2.68. The number of hydrazone groups is 1. The van der Waals surface area contributed by atoms with Crippen molar-refractivity contribution in [3.8, 4) is 0 Å². The fraction of sp³-hybridized carbons (Fsp3) is 0.250. The van der Waals surface area contributed by atoms with Crippen LogP contribution in [0.4, 0.5) is 0 Å². The van der Waals surface area contributed by atoms with Gasteiger partial charge < -0.3 is 0 Å². The lowest BCUT2D eigenvalue weighted by atomic mass is 10.4. The van der Waals surface area contributed by atoms with E-state index in [1.165, 1.54) is 4.53 Å². The van der Waals surface area contributed by atoms with Gasteiger partial charge in [-0.25, -0.2) is 0 Å². The highest BCUT2D eigenvalue weighted by molar-refractivity contribution is 14.1. The topological polar surface area (TPSA) is 15.6 Å². The first kappa shape index (κ1) is 6.35. The molecule has 0 radical (unpaired) electrons. The van der Waals surface area contributed by atoms with E-state index in [4.69, 9.17) is 11.8 Å². The van der Waals surface area contributed by atoms with Crippen molar-refractivity contribution in [3.63, 3.8) is 0 Å². The molecular formula is C4H4ClIN2. The van der Waals surface area contributed by atoms with Crippen LogP contribution in [0.2, 0.25) is 0 Å². The summed E-state index contributed by atoms with van der Waals surface area (Å²) < 4.78 is 1.65. The van der Waals surface area contributed by atoms with Crippen molar-refractivity contribution in [1.82, 2.24) is 4.53 Å². The number of rotatable bonds is 0. The van der Waals surface area contributed by atoms with Crippen molar-refractivity contribution in [1.29, 1.82) is 0 Å². The van der Waals surface area contributed by atoms with E-state index >= 15 is 0 Å². The summed E-state index contributed by atoms with van der Waals surface area (Å²) in [6.07, 6.45) is 5.45. The van der Waals surface area contributed by atoms with E-state index in [2.05, 4.69) is 27.7 Å². The number of nitrogens with zero attached hydrogens (tertiary/aromatic N) is 2. The van der Waals surface area contributed by atoms with E-state index in [1.807, 2.05) is 6.08 Å². The van der Waals surface area contributed by atoms with Gasteiger partial charge in [-0.3, -0.25) is 0 Å². The Hall–Kier alpha value is 0.230. The summed E-state index contributed by atoms with van der Waals surface area (Å²) in [6.45, 7) is 0. The first-order valence-corrected chi connectivity index (χ1v) is 3.69. The highest BCUT2D eigenvalue weighted by Gasteiger charge is 1.99. The quantitative estimate of drug-likeness (QED) is 0.359. The van der Waals surface area contributed by atoms with Crippen molar-refractivity contribution < 1.29 is 0 Å². The Morgan fingerprint density at radius 3 is 2.88 bits per heavy atom. The second-order valence-corrected chi connectivity index (χ2v) is 3.12. The van der Waals surface area contributed by atoms with E-state index in [0.29, 0.717) is 3.92 Å². The third-order valence-corrected chi connectivity index (χ3v) is 1.65. The van der Waals surface area contributed by atoms with Crippen molar-refractivity contribution in [2.75, 3.05) is 0 Å². The number of halogens is 2. The third kappa shape index (κ3) is 1.63. The molecule has 0 fully saturated rings. The van der Waals surface area contributed by atoms with Crippen LogP contribution >= 0.6 is 34.4 Å². The molecule has 0 aliphatic carbocycles. The lowest BCUT2D eigenvalue weighted by Gasteiger charge is -2.07. The van der Waals surface area contributed by atoms with Crippen molar-refractivity contribution in [2.45, 2.75) is 3.92 Å². The molecule has 44 valence electrons. The van der Waals surface area contributed by atoms with Crippen LogP contribution in [-0.4, -0.2) is 14.7 Å². The van der Waals surface area contributed by atoms with Crippen LogP contribution in [0, 0.1) is 0 Å². The Morgan fingerprint density at radius 2 is 2.50 bits per heavy atom. The van der Waals surface area contributed by atoms with Gasteiger partial charge in [-0.2, -0.15) is 9.63 Å². The molecule has 0 aromatic carbocycles. The van der Waals surface area contributed by atoms with Gasteiger partial charge in [0.2, 0.25) is 0 Å². The van der Waals surface area contributed by atoms with Gasteiger partial charge in [0.25, 0.3) is 0 Å². The average molecular weight is 242 g/mol. The number of hydrogen-bond donors (Lipinski definition) is 0. The zero-order chi connectivity index (χ0) is 5.98. The minimum Gasteiger partial charge on any atom is -0.181 e. The summed E-state index contributed by atoms with van der Waals surface area (Å²) in [5.74, 6) is 0. The number of alkyl halides is 1. The van der Waals surface area contributed by atoms with E-state index in [0.717, 1.165) is 0 Å². The van der Waals surface area contributed by atoms with Gasteiger partial charge in [0.1, 0.15) is 0 Å². The van der Waals surface area contributed by atoms with Crippen molar-refractivity contribution in [3.05, 3.63) is 12.3 Å². The molecule has 0 saturated carbocycles. The highest BCUT2D eigenvalue weighted by Crippen LogP contribution is 2.08. The van der Waals surface area contributed by atoms with E-state index in [9.17, 15) is 0 Å². The molecule has 1 unspecified atom stereocenters. The molecule has 8 heavy (non-hydrogen) atoms. The summed E-state index contributed by atoms with van der Waals surface area (Å²) in [5, 5.41) is 3.79. The van der Waals surface area contributed by atoms with Crippen LogP contribution in [0.25, 0.3) is 0 Å². The first-order valence-electron chi connectivity index (χ1n) is 2.10. The molecule has 1 heterocycles. The molecule has 0 spiro atoms. The molecule has 0 bridgehead atoms. The van der Waals surface area contributed by atoms with Crippen LogP contribution in [0.1, 0.15) is 0 Å². The molecular weight excluding hydrogens is 238 g/mol. The van der Waals surface area contributed by atoms with Gasteiger partial charge in [0.05, 0.1) is 3.92 Å². The van der Waals surface area contributed by atoms with Crippen LogP contribution in [0.5, 0.6) is 0 Å². The minimum absolute atomic E-state index is 0.391. The fourth-order valence-corrected chi connectivity index (χ4v) is 0.814. The van der Waals surface area contributed by atoms with Gasteiger partial charge in [-0.05, 0) is 6.08 Å². The average Bonchev–Trinajstić information content (AvgIpc) is 1.77. The lowest BCUT2D eigenvalue weighted by Crippen LogP contribution is -2.06. The van der Waals surface area contributed by atoms with Crippen LogP contribution in [0.15, 0.2) is 17.4 Å². The van der Waals surface area contributed by atoms with Crippen LogP contribution in [0.3, 0.4) is 0 Å². The van der Waals surface area contributed by atoms with Gasteiger partial charge in [0, 0.05) is 24.2 Å². The first-order chi connectivity index (χ1) is 3.79. The van der Waals surface area contributed by atoms with Gasteiger partial charge in [-0.15, -0.1) is 0 Å². The largest absolute Gasteiger partial charge is 0.181 e. The van der Waals surface area contributed by atoms with Crippen molar-refractivity contribution >= 4 is 40.6 Å². The Morgan fingerprint density at radius 1 is 1.75 bits per heavy atom. The molecule has 1 aliphatic heterocycles. The minimum atomic E-state index is 0.391. The number of hydrogen-bond acceptors (Lipinski definition) is 2. The predicted octanol–water partition coefficient (Wildman–Crippen LogP) is 1.76. The molecule has 4 heteroatoms. The summed E-state index contributed by atoms with van der Waals surface area (Å²) in [4.78, 5) is 0. The maximum absolute atomic E-state index is 5.43. The monoisotopic (exact) mass is 242 g/mol. The molecule has 0 aromatic heterocycles.